The number of hydrogen-bond donors (Lipinski definition) is 1. The number of aromatic nitrogens is 2. The summed E-state index contributed by atoms with van der Waals surface area (Å²) in [4.78, 5) is 21.3. The molecule has 1 fully saturated rings. The van der Waals surface area contributed by atoms with Gasteiger partial charge in [-0.15, -0.1) is 0 Å². The number of rotatable bonds is 11. The third kappa shape index (κ3) is 6.40. The molecule has 1 aromatic heterocycles. The maximum atomic E-state index is 13.0. The Morgan fingerprint density at radius 3 is 2.03 bits per heavy atom. The summed E-state index contributed by atoms with van der Waals surface area (Å²) >= 11 is 0. The summed E-state index contributed by atoms with van der Waals surface area (Å²) in [6.07, 6.45) is 6.33. The topological polar surface area (TPSA) is 101 Å². The van der Waals surface area contributed by atoms with E-state index in [9.17, 15) is 4.79 Å². The lowest BCUT2D eigenvalue weighted by Crippen LogP contribution is -2.39. The summed E-state index contributed by atoms with van der Waals surface area (Å²) in [6, 6.07) is 3.47. The van der Waals surface area contributed by atoms with Crippen LogP contribution < -0.4 is 29.0 Å². The molecule has 0 bridgehead atoms. The van der Waals surface area contributed by atoms with E-state index in [1.807, 2.05) is 20.8 Å². The Morgan fingerprint density at radius 1 is 0.909 bits per heavy atom. The smallest absolute Gasteiger partial charge is 0.278 e. The van der Waals surface area contributed by atoms with Gasteiger partial charge in [0.15, 0.2) is 11.5 Å². The van der Waals surface area contributed by atoms with Gasteiger partial charge in [-0.25, -0.2) is 9.97 Å². The molecule has 1 N–H and O–H groups in total. The van der Waals surface area contributed by atoms with Gasteiger partial charge in [0.25, 0.3) is 17.7 Å². The third-order valence-electron chi connectivity index (χ3n) is 5.29. The molecule has 1 saturated carbocycles. The molecule has 1 heterocycles. The van der Waals surface area contributed by atoms with E-state index in [0.29, 0.717) is 54.4 Å². The first-order valence-electron chi connectivity index (χ1n) is 11.5. The van der Waals surface area contributed by atoms with Gasteiger partial charge in [0, 0.05) is 24.0 Å². The Morgan fingerprint density at radius 2 is 1.48 bits per heavy atom. The molecular weight excluding hydrogens is 426 g/mol. The maximum absolute atomic E-state index is 13.0. The molecule has 0 atom stereocenters. The van der Waals surface area contributed by atoms with Crippen molar-refractivity contribution in [2.45, 2.75) is 58.6 Å². The van der Waals surface area contributed by atoms with Crippen LogP contribution in [-0.4, -0.2) is 55.0 Å². The zero-order chi connectivity index (χ0) is 23.6. The lowest BCUT2D eigenvalue weighted by atomic mass is 9.92. The number of nitrogens with one attached hydrogen (secondary N) is 1. The number of carbonyl (C=O) groups is 1. The minimum absolute atomic E-state index is 0.00309. The molecule has 0 unspecified atom stereocenters. The molecule has 3 rings (SSSR count). The van der Waals surface area contributed by atoms with Crippen molar-refractivity contribution < 1.29 is 28.5 Å². The zero-order valence-electron chi connectivity index (χ0n) is 19.8. The molecule has 1 aliphatic carbocycles. The van der Waals surface area contributed by atoms with Gasteiger partial charge in [-0.2, -0.15) is 0 Å². The fourth-order valence-electron chi connectivity index (χ4n) is 3.80. The van der Waals surface area contributed by atoms with Crippen molar-refractivity contribution in [1.29, 1.82) is 0 Å². The standard InChI is InChI=1S/C24H33N3O6/c1-5-30-19-14-16(15-20(31-6-2)21(19)32-7-3)22(28)27-17-8-10-18(11-9-17)33-24-23(29-4)25-12-13-26-24/h12-15,17-18H,5-11H2,1-4H3,(H,27,28). The van der Waals surface area contributed by atoms with Gasteiger partial charge >= 0.3 is 0 Å². The molecule has 0 radical (unpaired) electrons. The summed E-state index contributed by atoms with van der Waals surface area (Å²) in [6.45, 7) is 7.05. The van der Waals surface area contributed by atoms with Gasteiger partial charge in [-0.05, 0) is 58.6 Å². The fraction of sp³-hybridized carbons (Fsp3) is 0.542. The maximum Gasteiger partial charge on any atom is 0.278 e. The van der Waals surface area contributed by atoms with E-state index in [-0.39, 0.29) is 18.1 Å². The first kappa shape index (κ1) is 24.4. The summed E-state index contributed by atoms with van der Waals surface area (Å²) in [5, 5.41) is 3.13. The highest BCUT2D eigenvalue weighted by molar-refractivity contribution is 5.95. The van der Waals surface area contributed by atoms with Crippen LogP contribution in [0.2, 0.25) is 0 Å². The van der Waals surface area contributed by atoms with E-state index in [2.05, 4.69) is 15.3 Å². The van der Waals surface area contributed by atoms with Gasteiger partial charge in [-0.3, -0.25) is 4.79 Å². The van der Waals surface area contributed by atoms with Crippen molar-refractivity contribution in [3.05, 3.63) is 30.1 Å². The van der Waals surface area contributed by atoms with Crippen LogP contribution in [-0.2, 0) is 0 Å². The molecule has 2 aromatic rings. The Bertz CT molecular complexity index is 888. The number of nitrogens with zero attached hydrogens (tertiary/aromatic N) is 2. The number of hydrogen-bond acceptors (Lipinski definition) is 8. The number of carbonyl (C=O) groups excluding carboxylic acids is 1. The van der Waals surface area contributed by atoms with Crippen molar-refractivity contribution in [1.82, 2.24) is 15.3 Å². The van der Waals surface area contributed by atoms with E-state index < -0.39 is 0 Å². The zero-order valence-corrected chi connectivity index (χ0v) is 19.8. The molecule has 1 aromatic carbocycles. The highest BCUT2D eigenvalue weighted by atomic mass is 16.5. The Hall–Kier alpha value is -3.23. The van der Waals surface area contributed by atoms with Crippen LogP contribution in [0.3, 0.4) is 0 Å². The average molecular weight is 460 g/mol. The predicted octanol–water partition coefficient (Wildman–Crippen LogP) is 3.80. The van der Waals surface area contributed by atoms with Crippen LogP contribution in [0.1, 0.15) is 56.8 Å². The molecule has 0 spiro atoms. The highest BCUT2D eigenvalue weighted by Gasteiger charge is 2.26. The average Bonchev–Trinajstić information content (AvgIpc) is 2.83. The van der Waals surface area contributed by atoms with Crippen molar-refractivity contribution in [3.63, 3.8) is 0 Å². The molecule has 9 heteroatoms. The Kier molecular flexibility index (Phi) is 8.97. The van der Waals surface area contributed by atoms with E-state index in [0.717, 1.165) is 25.7 Å². The second kappa shape index (κ2) is 12.1. The summed E-state index contributed by atoms with van der Waals surface area (Å²) < 4.78 is 28.3. The minimum atomic E-state index is -0.167. The molecule has 9 nitrogen and oxygen atoms in total. The first-order valence-corrected chi connectivity index (χ1v) is 11.5. The van der Waals surface area contributed by atoms with E-state index >= 15 is 0 Å². The molecular formula is C24H33N3O6. The monoisotopic (exact) mass is 459 g/mol. The Balaban J connectivity index is 1.63. The second-order valence-corrected chi connectivity index (χ2v) is 7.54. The molecule has 180 valence electrons. The molecule has 1 amide bonds. The number of amides is 1. The van der Waals surface area contributed by atoms with Gasteiger partial charge in [-0.1, -0.05) is 0 Å². The van der Waals surface area contributed by atoms with Gasteiger partial charge in [0.2, 0.25) is 5.75 Å². The molecule has 0 saturated heterocycles. The minimum Gasteiger partial charge on any atom is -0.490 e. The quantitative estimate of drug-likeness (QED) is 0.542. The van der Waals surface area contributed by atoms with Crippen LogP contribution in [0, 0.1) is 0 Å². The second-order valence-electron chi connectivity index (χ2n) is 7.54. The van der Waals surface area contributed by atoms with E-state index in [1.165, 1.54) is 7.11 Å². The van der Waals surface area contributed by atoms with Crippen LogP contribution in [0.4, 0.5) is 0 Å². The van der Waals surface area contributed by atoms with Crippen LogP contribution in [0.5, 0.6) is 29.0 Å². The molecule has 33 heavy (non-hydrogen) atoms. The van der Waals surface area contributed by atoms with Gasteiger partial charge in [0.05, 0.1) is 26.9 Å². The SMILES string of the molecule is CCOc1cc(C(=O)NC2CCC(Oc3nccnc3OC)CC2)cc(OCC)c1OCC. The van der Waals surface area contributed by atoms with Gasteiger partial charge in [0.1, 0.15) is 6.10 Å². The van der Waals surface area contributed by atoms with Crippen LogP contribution in [0.15, 0.2) is 24.5 Å². The van der Waals surface area contributed by atoms with E-state index in [4.69, 9.17) is 23.7 Å². The molecule has 0 aliphatic heterocycles. The predicted molar refractivity (Wildman–Crippen MR) is 123 cm³/mol. The number of benzene rings is 1. The number of methoxy groups -OCH3 is 1. The largest absolute Gasteiger partial charge is 0.490 e. The van der Waals surface area contributed by atoms with Crippen molar-refractivity contribution in [3.8, 4) is 29.0 Å². The van der Waals surface area contributed by atoms with Crippen LogP contribution in [0.25, 0.3) is 0 Å². The van der Waals surface area contributed by atoms with Crippen molar-refractivity contribution in [2.24, 2.45) is 0 Å². The lowest BCUT2D eigenvalue weighted by molar-refractivity contribution is 0.0885. The molecule has 1 aliphatic rings. The highest BCUT2D eigenvalue weighted by Crippen LogP contribution is 2.39. The summed E-state index contributed by atoms with van der Waals surface area (Å²) in [7, 11) is 1.54. The Labute approximate surface area is 194 Å². The van der Waals surface area contributed by atoms with E-state index in [1.54, 1.807) is 24.5 Å². The third-order valence-corrected chi connectivity index (χ3v) is 5.29. The summed E-state index contributed by atoms with van der Waals surface area (Å²) in [5.41, 5.74) is 0.480. The van der Waals surface area contributed by atoms with Crippen molar-refractivity contribution >= 4 is 5.91 Å². The first-order chi connectivity index (χ1) is 16.1. The number of ether oxygens (including phenoxy) is 5. The normalized spacial score (nSPS) is 17.7. The van der Waals surface area contributed by atoms with Gasteiger partial charge < -0.3 is 29.0 Å². The van der Waals surface area contributed by atoms with Crippen LogP contribution >= 0.6 is 0 Å². The fourth-order valence-corrected chi connectivity index (χ4v) is 3.80. The summed E-state index contributed by atoms with van der Waals surface area (Å²) in [5.74, 6) is 2.14. The van der Waals surface area contributed by atoms with Crippen molar-refractivity contribution in [2.75, 3.05) is 26.9 Å². The lowest BCUT2D eigenvalue weighted by Gasteiger charge is -2.29.